The van der Waals surface area contributed by atoms with Crippen LogP contribution in [0.1, 0.15) is 12.2 Å². The molecule has 1 aromatic carbocycles. The first-order valence-electron chi connectivity index (χ1n) is 8.23. The molecule has 2 atom stereocenters. The Bertz CT molecular complexity index is 868. The number of sulfonamides is 1. The maximum atomic E-state index is 14.3. The molecule has 1 N–H and O–H groups in total. The standard InChI is InChI=1S/C17H21FN2O5S/c1-11-7-17(19-25-11)14-4-3-13(8-15(14)18)24-10-12-9-23-6-5-16(12)20-26(2,21)22/h3-4,7-8,12,16,20H,5-6,9-10H2,1-2H3. The van der Waals surface area contributed by atoms with E-state index in [0.29, 0.717) is 42.4 Å². The van der Waals surface area contributed by atoms with Crippen LogP contribution in [0.4, 0.5) is 4.39 Å². The van der Waals surface area contributed by atoms with Crippen molar-refractivity contribution in [3.63, 3.8) is 0 Å². The third kappa shape index (κ3) is 4.80. The van der Waals surface area contributed by atoms with Gasteiger partial charge in [-0.15, -0.1) is 0 Å². The summed E-state index contributed by atoms with van der Waals surface area (Å²) in [6, 6.07) is 5.89. The van der Waals surface area contributed by atoms with E-state index in [1.54, 1.807) is 25.1 Å². The molecular formula is C17H21FN2O5S. The lowest BCUT2D eigenvalue weighted by molar-refractivity contribution is 0.0186. The highest BCUT2D eigenvalue weighted by Gasteiger charge is 2.28. The van der Waals surface area contributed by atoms with Gasteiger partial charge in [0.05, 0.1) is 19.5 Å². The van der Waals surface area contributed by atoms with Gasteiger partial charge in [-0.25, -0.2) is 17.5 Å². The Morgan fingerprint density at radius 1 is 1.38 bits per heavy atom. The van der Waals surface area contributed by atoms with Gasteiger partial charge >= 0.3 is 0 Å². The molecule has 2 aromatic rings. The van der Waals surface area contributed by atoms with Crippen molar-refractivity contribution >= 4 is 10.0 Å². The average molecular weight is 384 g/mol. The summed E-state index contributed by atoms with van der Waals surface area (Å²) in [6.45, 7) is 2.82. The number of hydrogen-bond donors (Lipinski definition) is 1. The van der Waals surface area contributed by atoms with E-state index in [2.05, 4.69) is 9.88 Å². The highest BCUT2D eigenvalue weighted by atomic mass is 32.2. The third-order valence-electron chi connectivity index (χ3n) is 4.15. The largest absolute Gasteiger partial charge is 0.493 e. The first kappa shape index (κ1) is 18.8. The van der Waals surface area contributed by atoms with Crippen LogP contribution in [0, 0.1) is 18.7 Å². The van der Waals surface area contributed by atoms with Gasteiger partial charge in [0, 0.05) is 36.3 Å². The second-order valence-corrected chi connectivity index (χ2v) is 8.18. The van der Waals surface area contributed by atoms with Gasteiger partial charge in [-0.2, -0.15) is 0 Å². The zero-order valence-electron chi connectivity index (χ0n) is 14.6. The molecule has 26 heavy (non-hydrogen) atoms. The third-order valence-corrected chi connectivity index (χ3v) is 4.88. The van der Waals surface area contributed by atoms with Gasteiger partial charge in [0.25, 0.3) is 0 Å². The van der Waals surface area contributed by atoms with Crippen molar-refractivity contribution in [3.8, 4) is 17.0 Å². The normalized spacial score (nSPS) is 20.9. The van der Waals surface area contributed by atoms with Gasteiger partial charge < -0.3 is 14.0 Å². The zero-order chi connectivity index (χ0) is 18.7. The van der Waals surface area contributed by atoms with E-state index in [0.717, 1.165) is 6.26 Å². The van der Waals surface area contributed by atoms with Crippen molar-refractivity contribution in [2.24, 2.45) is 5.92 Å². The lowest BCUT2D eigenvalue weighted by Gasteiger charge is -2.31. The molecule has 9 heteroatoms. The van der Waals surface area contributed by atoms with Crippen LogP contribution in [0.2, 0.25) is 0 Å². The van der Waals surface area contributed by atoms with Crippen molar-refractivity contribution in [3.05, 3.63) is 35.8 Å². The van der Waals surface area contributed by atoms with Gasteiger partial charge in [0.15, 0.2) is 0 Å². The SMILES string of the molecule is Cc1cc(-c2ccc(OCC3COCCC3NS(C)(=O)=O)cc2F)no1. The lowest BCUT2D eigenvalue weighted by atomic mass is 9.98. The zero-order valence-corrected chi connectivity index (χ0v) is 15.4. The van der Waals surface area contributed by atoms with Gasteiger partial charge in [0.1, 0.15) is 23.0 Å². The molecule has 0 aliphatic carbocycles. The number of aromatic nitrogens is 1. The van der Waals surface area contributed by atoms with Crippen LogP contribution in [-0.4, -0.2) is 45.7 Å². The Balaban J connectivity index is 1.66. The lowest BCUT2D eigenvalue weighted by Crippen LogP contribution is -2.47. The van der Waals surface area contributed by atoms with E-state index >= 15 is 0 Å². The predicted molar refractivity (Wildman–Crippen MR) is 92.8 cm³/mol. The Morgan fingerprint density at radius 2 is 2.19 bits per heavy atom. The summed E-state index contributed by atoms with van der Waals surface area (Å²) in [4.78, 5) is 0. The minimum atomic E-state index is -3.32. The fraction of sp³-hybridized carbons (Fsp3) is 0.471. The summed E-state index contributed by atoms with van der Waals surface area (Å²) in [7, 11) is -3.32. The Hall–Kier alpha value is -1.97. The number of nitrogens with one attached hydrogen (secondary N) is 1. The van der Waals surface area contributed by atoms with E-state index < -0.39 is 15.8 Å². The molecule has 2 unspecified atom stereocenters. The maximum Gasteiger partial charge on any atom is 0.208 e. The van der Waals surface area contributed by atoms with Crippen LogP contribution >= 0.6 is 0 Å². The van der Waals surface area contributed by atoms with Crippen LogP contribution in [-0.2, 0) is 14.8 Å². The summed E-state index contributed by atoms with van der Waals surface area (Å²) in [6.07, 6.45) is 1.69. The minimum Gasteiger partial charge on any atom is -0.493 e. The number of hydrogen-bond acceptors (Lipinski definition) is 6. The Labute approximate surface area is 151 Å². The van der Waals surface area contributed by atoms with E-state index in [9.17, 15) is 12.8 Å². The van der Waals surface area contributed by atoms with E-state index in [-0.39, 0.29) is 18.6 Å². The number of aryl methyl sites for hydroxylation is 1. The topological polar surface area (TPSA) is 90.7 Å². The van der Waals surface area contributed by atoms with Gasteiger partial charge in [-0.1, -0.05) is 5.16 Å². The maximum absolute atomic E-state index is 14.3. The van der Waals surface area contributed by atoms with Crippen LogP contribution < -0.4 is 9.46 Å². The van der Waals surface area contributed by atoms with Crippen molar-refractivity contribution in [2.75, 3.05) is 26.1 Å². The molecule has 1 fully saturated rings. The van der Waals surface area contributed by atoms with Gasteiger partial charge in [0.2, 0.25) is 10.0 Å². The molecule has 1 aliphatic rings. The predicted octanol–water partition coefficient (Wildman–Crippen LogP) is 2.12. The molecule has 142 valence electrons. The number of ether oxygens (including phenoxy) is 2. The van der Waals surface area contributed by atoms with Crippen LogP contribution in [0.15, 0.2) is 28.8 Å². The van der Waals surface area contributed by atoms with Crippen LogP contribution in [0.25, 0.3) is 11.3 Å². The van der Waals surface area contributed by atoms with Gasteiger partial charge in [-0.3, -0.25) is 0 Å². The molecule has 2 heterocycles. The first-order chi connectivity index (χ1) is 12.3. The molecule has 0 spiro atoms. The second kappa shape index (κ2) is 7.73. The molecule has 0 saturated carbocycles. The smallest absolute Gasteiger partial charge is 0.208 e. The number of halogens is 1. The van der Waals surface area contributed by atoms with Crippen molar-refractivity contribution < 1.29 is 26.8 Å². The Morgan fingerprint density at radius 3 is 2.85 bits per heavy atom. The summed E-state index contributed by atoms with van der Waals surface area (Å²) in [5, 5.41) is 3.80. The summed E-state index contributed by atoms with van der Waals surface area (Å²) >= 11 is 0. The molecule has 3 rings (SSSR count). The van der Waals surface area contributed by atoms with E-state index in [4.69, 9.17) is 14.0 Å². The molecule has 1 aliphatic heterocycles. The highest BCUT2D eigenvalue weighted by molar-refractivity contribution is 7.88. The van der Waals surface area contributed by atoms with E-state index in [1.165, 1.54) is 6.07 Å². The van der Waals surface area contributed by atoms with E-state index in [1.807, 2.05) is 0 Å². The quantitative estimate of drug-likeness (QED) is 0.820. The van der Waals surface area contributed by atoms with Crippen molar-refractivity contribution in [2.45, 2.75) is 19.4 Å². The average Bonchev–Trinajstić information content (AvgIpc) is 2.99. The van der Waals surface area contributed by atoms with Crippen molar-refractivity contribution in [1.82, 2.24) is 9.88 Å². The number of rotatable bonds is 6. The first-order valence-corrected chi connectivity index (χ1v) is 10.1. The monoisotopic (exact) mass is 384 g/mol. The van der Waals surface area contributed by atoms with Crippen LogP contribution in [0.5, 0.6) is 5.75 Å². The second-order valence-electron chi connectivity index (χ2n) is 6.40. The summed E-state index contributed by atoms with van der Waals surface area (Å²) < 4.78 is 55.9. The minimum absolute atomic E-state index is 0.153. The fourth-order valence-corrected chi connectivity index (χ4v) is 3.74. The molecule has 0 amide bonds. The molecule has 0 radical (unpaired) electrons. The van der Waals surface area contributed by atoms with Crippen molar-refractivity contribution in [1.29, 1.82) is 0 Å². The number of nitrogens with zero attached hydrogens (tertiary/aromatic N) is 1. The molecular weight excluding hydrogens is 363 g/mol. The van der Waals surface area contributed by atoms with Crippen LogP contribution in [0.3, 0.4) is 0 Å². The Kier molecular flexibility index (Phi) is 5.59. The molecule has 7 nitrogen and oxygen atoms in total. The summed E-state index contributed by atoms with van der Waals surface area (Å²) in [5.41, 5.74) is 0.747. The molecule has 1 aromatic heterocycles. The molecule has 1 saturated heterocycles. The highest BCUT2D eigenvalue weighted by Crippen LogP contribution is 2.26. The number of benzene rings is 1. The van der Waals surface area contributed by atoms with Gasteiger partial charge in [-0.05, 0) is 25.5 Å². The fourth-order valence-electron chi connectivity index (χ4n) is 2.88. The molecule has 0 bridgehead atoms. The summed E-state index contributed by atoms with van der Waals surface area (Å²) in [5.74, 6) is 0.331.